The molecule has 2 rings (SSSR count). The summed E-state index contributed by atoms with van der Waals surface area (Å²) < 4.78 is 5.08. The number of aromatic nitrogens is 1. The van der Waals surface area contributed by atoms with Crippen molar-refractivity contribution in [3.63, 3.8) is 0 Å². The van der Waals surface area contributed by atoms with Crippen molar-refractivity contribution in [1.82, 2.24) is 10.3 Å². The fraction of sp³-hybridized carbons (Fsp3) is 0.500. The van der Waals surface area contributed by atoms with Gasteiger partial charge in [0.25, 0.3) is 0 Å². The Morgan fingerprint density at radius 1 is 1.45 bits per heavy atom. The summed E-state index contributed by atoms with van der Waals surface area (Å²) in [5.41, 5.74) is 0.479. The molecule has 6 heteroatoms. The van der Waals surface area contributed by atoms with Gasteiger partial charge in [-0.3, -0.25) is 9.69 Å². The molecule has 1 aromatic rings. The molecular formula is C14H19N3O3. The first-order valence-corrected chi connectivity index (χ1v) is 6.58. The van der Waals surface area contributed by atoms with Gasteiger partial charge in [-0.1, -0.05) is 6.07 Å². The molecule has 1 N–H and O–H groups in total. The Labute approximate surface area is 118 Å². The molecule has 2 heterocycles. The van der Waals surface area contributed by atoms with Gasteiger partial charge in [-0.2, -0.15) is 0 Å². The Kier molecular flexibility index (Phi) is 3.92. The highest BCUT2D eigenvalue weighted by atomic mass is 16.6. The van der Waals surface area contributed by atoms with Crippen LogP contribution in [0.25, 0.3) is 0 Å². The lowest BCUT2D eigenvalue weighted by molar-refractivity contribution is -0.117. The maximum Gasteiger partial charge on any atom is 0.408 e. The minimum atomic E-state index is -0.591. The number of carbonyl (C=O) groups excluding carboxylic acids is 2. The average Bonchev–Trinajstić information content (AvgIpc) is 2.78. The molecule has 0 saturated carbocycles. The molecule has 6 nitrogen and oxygen atoms in total. The second kappa shape index (κ2) is 5.48. The predicted octanol–water partition coefficient (Wildman–Crippen LogP) is 1.50. The Morgan fingerprint density at radius 2 is 2.20 bits per heavy atom. The maximum atomic E-state index is 12.1. The summed E-state index contributed by atoms with van der Waals surface area (Å²) in [6.45, 7) is 5.82. The second-order valence-electron chi connectivity index (χ2n) is 5.64. The normalized spacial score (nSPS) is 13.8. The quantitative estimate of drug-likeness (QED) is 0.889. The number of nitrogens with zero attached hydrogens (tertiary/aromatic N) is 2. The summed E-state index contributed by atoms with van der Waals surface area (Å²) in [5.74, 6) is 0.497. The molecule has 0 fully saturated rings. The highest BCUT2D eigenvalue weighted by molar-refractivity contribution is 5.96. The van der Waals surface area contributed by atoms with E-state index in [1.54, 1.807) is 31.9 Å². The number of alkyl carbamates (subject to hydrolysis) is 1. The van der Waals surface area contributed by atoms with Gasteiger partial charge in [0, 0.05) is 12.7 Å². The van der Waals surface area contributed by atoms with Gasteiger partial charge in [0.1, 0.15) is 18.0 Å². The molecule has 1 aromatic heterocycles. The minimum absolute atomic E-state index is 0.0923. The zero-order valence-electron chi connectivity index (χ0n) is 12.0. The third-order valence-corrected chi connectivity index (χ3v) is 2.81. The molecule has 1 aliphatic rings. The number of rotatable bonds is 2. The molecule has 20 heavy (non-hydrogen) atoms. The second-order valence-corrected chi connectivity index (χ2v) is 5.64. The summed E-state index contributed by atoms with van der Waals surface area (Å²) >= 11 is 0. The molecule has 2 amide bonds. The topological polar surface area (TPSA) is 71.5 Å². The summed E-state index contributed by atoms with van der Waals surface area (Å²) in [6, 6.07) is 3.81. The molecule has 0 saturated heterocycles. The van der Waals surface area contributed by atoms with E-state index in [9.17, 15) is 9.59 Å². The summed E-state index contributed by atoms with van der Waals surface area (Å²) in [5, 5.41) is 2.47. The van der Waals surface area contributed by atoms with Gasteiger partial charge in [0.2, 0.25) is 5.91 Å². The summed E-state index contributed by atoms with van der Waals surface area (Å²) in [4.78, 5) is 29.4. The van der Waals surface area contributed by atoms with Crippen molar-refractivity contribution in [3.05, 3.63) is 23.9 Å². The van der Waals surface area contributed by atoms with E-state index in [2.05, 4.69) is 10.3 Å². The number of pyridine rings is 1. The van der Waals surface area contributed by atoms with E-state index in [0.717, 1.165) is 12.0 Å². The first-order valence-electron chi connectivity index (χ1n) is 6.58. The lowest BCUT2D eigenvalue weighted by Gasteiger charge is -2.20. The smallest absolute Gasteiger partial charge is 0.408 e. The van der Waals surface area contributed by atoms with Gasteiger partial charge in [-0.05, 0) is 38.8 Å². The zero-order chi connectivity index (χ0) is 14.8. The predicted molar refractivity (Wildman–Crippen MR) is 74.5 cm³/mol. The highest BCUT2D eigenvalue weighted by Gasteiger charge is 2.26. The monoisotopic (exact) mass is 277 g/mol. The molecule has 108 valence electrons. The van der Waals surface area contributed by atoms with E-state index < -0.39 is 11.7 Å². The molecule has 0 unspecified atom stereocenters. The number of carbonyl (C=O) groups is 2. The standard InChI is InChI=1S/C14H19N3O3/c1-14(2,3)20-13(19)16-9-11(18)17-8-6-10-5-4-7-15-12(10)17/h4-5,7H,6,8-9H2,1-3H3,(H,16,19). The van der Waals surface area contributed by atoms with Gasteiger partial charge in [0.15, 0.2) is 0 Å². The van der Waals surface area contributed by atoms with Crippen LogP contribution in [0.15, 0.2) is 18.3 Å². The number of ether oxygens (including phenoxy) is 1. The van der Waals surface area contributed by atoms with Crippen molar-refractivity contribution in [2.45, 2.75) is 32.8 Å². The van der Waals surface area contributed by atoms with Crippen LogP contribution in [0.4, 0.5) is 10.6 Å². The van der Waals surface area contributed by atoms with Gasteiger partial charge in [-0.25, -0.2) is 9.78 Å². The molecule has 0 radical (unpaired) electrons. The number of amides is 2. The first-order chi connectivity index (χ1) is 9.37. The number of nitrogens with one attached hydrogen (secondary N) is 1. The molecule has 0 bridgehead atoms. The van der Waals surface area contributed by atoms with Crippen molar-refractivity contribution < 1.29 is 14.3 Å². The van der Waals surface area contributed by atoms with Crippen LogP contribution < -0.4 is 10.2 Å². The molecular weight excluding hydrogens is 258 g/mol. The van der Waals surface area contributed by atoms with Gasteiger partial charge in [0.05, 0.1) is 0 Å². The maximum absolute atomic E-state index is 12.1. The number of anilines is 1. The van der Waals surface area contributed by atoms with Crippen molar-refractivity contribution >= 4 is 17.8 Å². The highest BCUT2D eigenvalue weighted by Crippen LogP contribution is 2.24. The number of hydrogen-bond donors (Lipinski definition) is 1. The fourth-order valence-corrected chi connectivity index (χ4v) is 2.01. The van der Waals surface area contributed by atoms with Crippen molar-refractivity contribution in [3.8, 4) is 0 Å². The minimum Gasteiger partial charge on any atom is -0.444 e. The van der Waals surface area contributed by atoms with E-state index in [1.807, 2.05) is 12.1 Å². The van der Waals surface area contributed by atoms with Crippen LogP contribution in [-0.4, -0.2) is 35.7 Å². The Balaban J connectivity index is 1.89. The summed E-state index contributed by atoms with van der Waals surface area (Å²) in [7, 11) is 0. The van der Waals surface area contributed by atoms with Gasteiger partial charge >= 0.3 is 6.09 Å². The van der Waals surface area contributed by atoms with E-state index in [-0.39, 0.29) is 12.5 Å². The van der Waals surface area contributed by atoms with Crippen molar-refractivity contribution in [2.24, 2.45) is 0 Å². The van der Waals surface area contributed by atoms with E-state index in [0.29, 0.717) is 12.4 Å². The third-order valence-electron chi connectivity index (χ3n) is 2.81. The van der Waals surface area contributed by atoms with Gasteiger partial charge < -0.3 is 10.1 Å². The van der Waals surface area contributed by atoms with Crippen LogP contribution in [0.1, 0.15) is 26.3 Å². The van der Waals surface area contributed by atoms with E-state index in [4.69, 9.17) is 4.74 Å². The van der Waals surface area contributed by atoms with Crippen molar-refractivity contribution in [2.75, 3.05) is 18.0 Å². The Hall–Kier alpha value is -2.11. The van der Waals surface area contributed by atoms with Crippen LogP contribution in [0, 0.1) is 0 Å². The van der Waals surface area contributed by atoms with Crippen LogP contribution in [0.5, 0.6) is 0 Å². The zero-order valence-corrected chi connectivity index (χ0v) is 12.0. The molecule has 1 aliphatic heterocycles. The van der Waals surface area contributed by atoms with Crippen LogP contribution in [0.2, 0.25) is 0 Å². The SMILES string of the molecule is CC(C)(C)OC(=O)NCC(=O)N1CCc2cccnc21. The molecule has 0 aliphatic carbocycles. The van der Waals surface area contributed by atoms with E-state index >= 15 is 0 Å². The third kappa shape index (κ3) is 3.46. The van der Waals surface area contributed by atoms with Crippen molar-refractivity contribution in [1.29, 1.82) is 0 Å². The molecule has 0 spiro atoms. The largest absolute Gasteiger partial charge is 0.444 e. The Bertz CT molecular complexity index is 523. The molecule has 0 aromatic carbocycles. The lowest BCUT2D eigenvalue weighted by atomic mass is 10.2. The Morgan fingerprint density at radius 3 is 2.90 bits per heavy atom. The molecule has 0 atom stereocenters. The van der Waals surface area contributed by atoms with Crippen LogP contribution in [-0.2, 0) is 16.0 Å². The van der Waals surface area contributed by atoms with E-state index in [1.165, 1.54) is 0 Å². The number of hydrogen-bond acceptors (Lipinski definition) is 4. The van der Waals surface area contributed by atoms with Crippen LogP contribution >= 0.6 is 0 Å². The lowest BCUT2D eigenvalue weighted by Crippen LogP contribution is -2.41. The summed E-state index contributed by atoms with van der Waals surface area (Å²) in [6.07, 6.45) is 1.86. The fourth-order valence-electron chi connectivity index (χ4n) is 2.01. The van der Waals surface area contributed by atoms with Gasteiger partial charge in [-0.15, -0.1) is 0 Å². The van der Waals surface area contributed by atoms with Crippen LogP contribution in [0.3, 0.4) is 0 Å². The first kappa shape index (κ1) is 14.3. The number of fused-ring (bicyclic) bond motifs is 1. The average molecular weight is 277 g/mol.